The molecule has 0 spiro atoms. The molecule has 2 aliphatic rings. The smallest absolute Gasteiger partial charge is 0.397 e. The first-order chi connectivity index (χ1) is 29.4. The molecule has 1 fully saturated rings. The Bertz CT molecular complexity index is 2380. The standard InChI is InChI=1S/C46H46F2N3O9P/c1-30-14-15-31(2)50-28-46(30,3)51-25-38(44(54)49-24-35-18-19-36(47)23-39(35)48)42(53)43(41(51)45(50)55)57-29-56-40(52)22-32-16-20-37(21-17-32)60-61(58-26-33-10-6-4-7-11-33)59-27-34-12-8-5-9-13-34/h4-13,16-21,23,25,30-31H,14-15,22,24,26-29H2,1-3H3,(H,49,54). The van der Waals surface area contributed by atoms with E-state index in [1.807, 2.05) is 81.4 Å². The van der Waals surface area contributed by atoms with E-state index in [9.17, 15) is 28.0 Å². The Morgan fingerprint density at radius 3 is 2.15 bits per heavy atom. The minimum Gasteiger partial charge on any atom is -0.451 e. The van der Waals surface area contributed by atoms with Crippen molar-refractivity contribution in [2.45, 2.75) is 71.4 Å². The number of benzene rings is 4. The van der Waals surface area contributed by atoms with Gasteiger partial charge in [0.25, 0.3) is 11.8 Å². The minimum atomic E-state index is -1.80. The van der Waals surface area contributed by atoms with Gasteiger partial charge in [-0.15, -0.1) is 0 Å². The molecule has 2 amide bonds. The van der Waals surface area contributed by atoms with Gasteiger partial charge >= 0.3 is 14.6 Å². The van der Waals surface area contributed by atoms with Gasteiger partial charge in [0.1, 0.15) is 22.9 Å². The molecule has 2 aliphatic heterocycles. The van der Waals surface area contributed by atoms with Crippen LogP contribution < -0.4 is 20.0 Å². The summed E-state index contributed by atoms with van der Waals surface area (Å²) in [5.74, 6) is -3.61. The van der Waals surface area contributed by atoms with Gasteiger partial charge in [-0.1, -0.05) is 85.8 Å². The number of carbonyl (C=O) groups excluding carboxylic acids is 3. The molecule has 1 N–H and O–H groups in total. The molecule has 61 heavy (non-hydrogen) atoms. The number of nitrogens with zero attached hydrogens (tertiary/aromatic N) is 2. The van der Waals surface area contributed by atoms with Gasteiger partial charge in [-0.25, -0.2) is 8.78 Å². The van der Waals surface area contributed by atoms with Crippen molar-refractivity contribution in [2.75, 3.05) is 13.3 Å². The number of nitrogens with one attached hydrogen (secondary N) is 1. The summed E-state index contributed by atoms with van der Waals surface area (Å²) < 4.78 is 58.9. The van der Waals surface area contributed by atoms with Crippen molar-refractivity contribution >= 4 is 26.4 Å². The van der Waals surface area contributed by atoms with E-state index < -0.39 is 61.5 Å². The van der Waals surface area contributed by atoms with E-state index in [0.717, 1.165) is 30.0 Å². The van der Waals surface area contributed by atoms with Crippen LogP contribution in [0, 0.1) is 17.6 Å². The van der Waals surface area contributed by atoms with Crippen LogP contribution in [0.1, 0.15) is 76.7 Å². The molecular weight excluding hydrogens is 807 g/mol. The van der Waals surface area contributed by atoms with Crippen LogP contribution in [0.5, 0.6) is 11.5 Å². The van der Waals surface area contributed by atoms with Crippen LogP contribution in [0.15, 0.2) is 114 Å². The van der Waals surface area contributed by atoms with Crippen molar-refractivity contribution in [2.24, 2.45) is 5.92 Å². The van der Waals surface area contributed by atoms with Gasteiger partial charge in [0.15, 0.2) is 5.69 Å². The number of carbonyl (C=O) groups is 3. The predicted octanol–water partition coefficient (Wildman–Crippen LogP) is 8.21. The monoisotopic (exact) mass is 853 g/mol. The van der Waals surface area contributed by atoms with Crippen molar-refractivity contribution in [3.05, 3.63) is 165 Å². The highest BCUT2D eigenvalue weighted by molar-refractivity contribution is 7.42. The maximum absolute atomic E-state index is 14.4. The summed E-state index contributed by atoms with van der Waals surface area (Å²) in [7, 11) is -1.80. The van der Waals surface area contributed by atoms with Crippen LogP contribution in [0.3, 0.4) is 0 Å². The van der Waals surface area contributed by atoms with Gasteiger partial charge < -0.3 is 28.8 Å². The van der Waals surface area contributed by atoms with Crippen molar-refractivity contribution in [1.29, 1.82) is 0 Å². The summed E-state index contributed by atoms with van der Waals surface area (Å²) in [4.78, 5) is 56.5. The molecule has 15 heteroatoms. The number of amides is 2. The van der Waals surface area contributed by atoms with Crippen LogP contribution in [-0.4, -0.2) is 46.6 Å². The molecule has 0 saturated carbocycles. The zero-order valence-electron chi connectivity index (χ0n) is 34.0. The number of hydrogen-bond acceptors (Lipinski definition) is 9. The Morgan fingerprint density at radius 1 is 0.852 bits per heavy atom. The number of aromatic nitrogens is 1. The summed E-state index contributed by atoms with van der Waals surface area (Å²) >= 11 is 0. The third kappa shape index (κ3) is 10.2. The Hall–Kier alpha value is -5.95. The number of pyridine rings is 1. The molecule has 3 unspecified atom stereocenters. The van der Waals surface area contributed by atoms with Crippen molar-refractivity contribution in [3.8, 4) is 11.5 Å². The fraction of sp³-hybridized carbons (Fsp3) is 0.304. The first-order valence-electron chi connectivity index (χ1n) is 19.9. The number of fused-ring (bicyclic) bond motifs is 4. The molecule has 1 aromatic heterocycles. The second kappa shape index (κ2) is 19.2. The summed E-state index contributed by atoms with van der Waals surface area (Å²) in [6.07, 6.45) is 2.68. The number of hydrogen-bond donors (Lipinski definition) is 1. The average Bonchev–Trinajstić information content (AvgIpc) is 3.36. The van der Waals surface area contributed by atoms with Gasteiger partial charge in [0.2, 0.25) is 18.0 Å². The maximum Gasteiger partial charge on any atom is 0.397 e. The lowest BCUT2D eigenvalue weighted by atomic mass is 9.82. The summed E-state index contributed by atoms with van der Waals surface area (Å²) in [5.41, 5.74) is 0.442. The fourth-order valence-electron chi connectivity index (χ4n) is 7.38. The molecule has 2 bridgehead atoms. The quantitative estimate of drug-likeness (QED) is 0.0592. The van der Waals surface area contributed by atoms with Crippen LogP contribution in [0.2, 0.25) is 0 Å². The van der Waals surface area contributed by atoms with E-state index in [-0.39, 0.29) is 55.0 Å². The highest BCUT2D eigenvalue weighted by atomic mass is 31.2. The molecule has 3 atom stereocenters. The molecule has 318 valence electrons. The molecule has 7 rings (SSSR count). The average molecular weight is 854 g/mol. The first-order valence-corrected chi connectivity index (χ1v) is 21.0. The van der Waals surface area contributed by atoms with E-state index in [1.54, 1.807) is 33.7 Å². The Kier molecular flexibility index (Phi) is 13.6. The lowest BCUT2D eigenvalue weighted by Crippen LogP contribution is -2.56. The van der Waals surface area contributed by atoms with Crippen molar-refractivity contribution in [3.63, 3.8) is 0 Å². The van der Waals surface area contributed by atoms with Crippen LogP contribution in [-0.2, 0) is 50.3 Å². The lowest BCUT2D eigenvalue weighted by Gasteiger charge is -2.46. The largest absolute Gasteiger partial charge is 0.451 e. The van der Waals surface area contributed by atoms with Crippen LogP contribution in [0.4, 0.5) is 8.78 Å². The third-order valence-electron chi connectivity index (χ3n) is 11.2. The van der Waals surface area contributed by atoms with Crippen LogP contribution >= 0.6 is 8.60 Å². The maximum atomic E-state index is 14.4. The molecule has 5 aromatic rings. The zero-order valence-corrected chi connectivity index (χ0v) is 34.9. The van der Waals surface area contributed by atoms with Gasteiger partial charge in [0, 0.05) is 37.0 Å². The summed E-state index contributed by atoms with van der Waals surface area (Å²) in [6, 6.07) is 28.9. The third-order valence-corrected chi connectivity index (χ3v) is 12.3. The predicted molar refractivity (Wildman–Crippen MR) is 223 cm³/mol. The fourth-order valence-corrected chi connectivity index (χ4v) is 8.36. The normalized spacial score (nSPS) is 18.3. The molecule has 3 heterocycles. The molecule has 4 aromatic carbocycles. The number of halogens is 2. The van der Waals surface area contributed by atoms with E-state index >= 15 is 0 Å². The highest BCUT2D eigenvalue weighted by Gasteiger charge is 2.48. The first kappa shape index (κ1) is 43.1. The molecular formula is C46H46F2N3O9P. The van der Waals surface area contributed by atoms with Crippen LogP contribution in [0.25, 0.3) is 0 Å². The van der Waals surface area contributed by atoms with Gasteiger partial charge in [0.05, 0.1) is 25.2 Å². The van der Waals surface area contributed by atoms with Crippen molar-refractivity contribution in [1.82, 2.24) is 14.8 Å². The second-order valence-electron chi connectivity index (χ2n) is 15.4. The second-order valence-corrected chi connectivity index (χ2v) is 16.5. The molecule has 0 radical (unpaired) electrons. The lowest BCUT2D eigenvalue weighted by molar-refractivity contribution is -0.149. The number of ether oxygens (including phenoxy) is 2. The Morgan fingerprint density at radius 2 is 1.51 bits per heavy atom. The van der Waals surface area contributed by atoms with E-state index in [4.69, 9.17) is 23.0 Å². The van der Waals surface area contributed by atoms with Gasteiger partial charge in [-0.3, -0.25) is 28.2 Å². The van der Waals surface area contributed by atoms with Gasteiger partial charge in [-0.05, 0) is 67.5 Å². The number of rotatable bonds is 16. The van der Waals surface area contributed by atoms with E-state index in [1.165, 1.54) is 12.3 Å². The molecule has 1 saturated heterocycles. The summed E-state index contributed by atoms with van der Waals surface area (Å²) in [5, 5.41) is 2.53. The Labute approximate surface area is 353 Å². The highest BCUT2D eigenvalue weighted by Crippen LogP contribution is 2.43. The summed E-state index contributed by atoms with van der Waals surface area (Å²) in [6.45, 7) is 5.77. The zero-order chi connectivity index (χ0) is 43.1. The SMILES string of the molecule is CC1CCC(C)C2(C)CN1C(=O)c1c(OCOC(=O)Cc3ccc(OP(OCc4ccccc4)OCc4ccccc4)cc3)c(=O)c(C(=O)NCc3ccc(F)cc3F)cn12. The molecule has 12 nitrogen and oxygen atoms in total. The van der Waals surface area contributed by atoms with Gasteiger partial charge in [-0.2, -0.15) is 0 Å². The number of esters is 1. The van der Waals surface area contributed by atoms with Crippen molar-refractivity contribution < 1.29 is 46.2 Å². The minimum absolute atomic E-state index is 0.00767. The Balaban J connectivity index is 1.04. The van der Waals surface area contributed by atoms with E-state index in [0.29, 0.717) is 23.9 Å². The molecule has 0 aliphatic carbocycles. The topological polar surface area (TPSA) is 135 Å². The van der Waals surface area contributed by atoms with E-state index in [2.05, 4.69) is 5.32 Å².